The molecule has 286 valence electrons. The molecule has 0 aliphatic carbocycles. The number of pyridine rings is 1. The van der Waals surface area contributed by atoms with Gasteiger partial charge in [0.15, 0.2) is 34.5 Å². The molecule has 55 heavy (non-hydrogen) atoms. The first-order valence-electron chi connectivity index (χ1n) is 19.0. The van der Waals surface area contributed by atoms with E-state index in [1.54, 1.807) is 34.6 Å². The summed E-state index contributed by atoms with van der Waals surface area (Å²) >= 11 is 0. The lowest BCUT2D eigenvalue weighted by Crippen LogP contribution is -2.35. The van der Waals surface area contributed by atoms with Crippen LogP contribution >= 0.6 is 0 Å². The number of fused-ring (bicyclic) bond motifs is 2. The second-order valence-electron chi connectivity index (χ2n) is 14.7. The molecule has 0 saturated heterocycles. The lowest BCUT2D eigenvalue weighted by Gasteiger charge is -2.38. The van der Waals surface area contributed by atoms with Crippen LogP contribution in [0.15, 0.2) is 79.1 Å². The zero-order valence-corrected chi connectivity index (χ0v) is 32.6. The third-order valence-corrected chi connectivity index (χ3v) is 11.5. The van der Waals surface area contributed by atoms with E-state index in [1.807, 2.05) is 18.3 Å². The predicted octanol–water partition coefficient (Wildman–Crippen LogP) is 7.85. The van der Waals surface area contributed by atoms with Gasteiger partial charge in [-0.15, -0.1) is 0 Å². The van der Waals surface area contributed by atoms with Gasteiger partial charge in [-0.2, -0.15) is 0 Å². The van der Waals surface area contributed by atoms with Gasteiger partial charge < -0.3 is 33.7 Å². The minimum Gasteiger partial charge on any atom is -0.493 e. The first kappa shape index (κ1) is 36.7. The van der Waals surface area contributed by atoms with Crippen LogP contribution in [0.1, 0.15) is 56.6 Å². The Bertz CT molecular complexity index is 2160. The first-order chi connectivity index (χ1) is 26.9. The van der Waals surface area contributed by atoms with Gasteiger partial charge in [-0.25, -0.2) is 0 Å². The highest BCUT2D eigenvalue weighted by atomic mass is 16.5. The van der Waals surface area contributed by atoms with Crippen molar-refractivity contribution < 1.29 is 28.4 Å². The van der Waals surface area contributed by atoms with Crippen molar-refractivity contribution in [1.29, 1.82) is 0 Å². The number of nitrogens with zero attached hydrogens (tertiary/aromatic N) is 3. The van der Waals surface area contributed by atoms with E-state index in [4.69, 9.17) is 28.4 Å². The summed E-state index contributed by atoms with van der Waals surface area (Å²) in [5.74, 6) is 5.32. The summed E-state index contributed by atoms with van der Waals surface area (Å²) in [6.07, 6.45) is 6.93. The summed E-state index contributed by atoms with van der Waals surface area (Å²) in [5.41, 5.74) is 9.27. The number of rotatable bonds is 8. The fourth-order valence-electron chi connectivity index (χ4n) is 8.53. The van der Waals surface area contributed by atoms with Crippen molar-refractivity contribution in [3.63, 3.8) is 0 Å². The summed E-state index contributed by atoms with van der Waals surface area (Å²) in [7, 11) is 11.2. The fourth-order valence-corrected chi connectivity index (χ4v) is 8.53. The Labute approximate surface area is 323 Å². The third kappa shape index (κ3) is 7.17. The van der Waals surface area contributed by atoms with Crippen LogP contribution in [-0.2, 0) is 38.8 Å². The van der Waals surface area contributed by atoms with E-state index in [0.29, 0.717) is 59.8 Å². The molecule has 0 fully saturated rings. The van der Waals surface area contributed by atoms with Crippen LogP contribution in [0.3, 0.4) is 0 Å². The van der Waals surface area contributed by atoms with Gasteiger partial charge >= 0.3 is 0 Å². The predicted molar refractivity (Wildman–Crippen MR) is 212 cm³/mol. The van der Waals surface area contributed by atoms with E-state index in [9.17, 15) is 0 Å². The van der Waals surface area contributed by atoms with Gasteiger partial charge in [0.1, 0.15) is 5.75 Å². The molecule has 2 atom stereocenters. The second-order valence-corrected chi connectivity index (χ2v) is 14.7. The highest BCUT2D eigenvalue weighted by Gasteiger charge is 2.37. The van der Waals surface area contributed by atoms with Crippen LogP contribution in [0.5, 0.6) is 46.0 Å². The minimum absolute atomic E-state index is 0.0717. The van der Waals surface area contributed by atoms with Gasteiger partial charge in [0.2, 0.25) is 5.75 Å². The Balaban J connectivity index is 1.34. The van der Waals surface area contributed by atoms with Gasteiger partial charge in [-0.1, -0.05) is 24.3 Å². The average molecular weight is 743 g/mol. The molecule has 0 unspecified atom stereocenters. The third-order valence-electron chi connectivity index (χ3n) is 11.5. The monoisotopic (exact) mass is 742 g/mol. The topological polar surface area (TPSA) is 86.8 Å². The van der Waals surface area contributed by atoms with Crippen molar-refractivity contribution in [3.05, 3.63) is 124 Å². The molecule has 10 heteroatoms. The largest absolute Gasteiger partial charge is 0.493 e. The number of aromatic nitrogens is 1. The Hall–Kier alpha value is -5.29. The zero-order chi connectivity index (χ0) is 38.1. The summed E-state index contributed by atoms with van der Waals surface area (Å²) < 4.78 is 38.2. The van der Waals surface area contributed by atoms with Crippen LogP contribution < -0.4 is 33.7 Å². The molecule has 5 aromatic rings. The van der Waals surface area contributed by atoms with Crippen LogP contribution in [-0.4, -0.2) is 70.4 Å². The number of hydrogen-bond acceptors (Lipinski definition) is 10. The maximum atomic E-state index is 7.23. The lowest BCUT2D eigenvalue weighted by molar-refractivity contribution is 0.219. The van der Waals surface area contributed by atoms with E-state index >= 15 is 0 Å². The van der Waals surface area contributed by atoms with Crippen LogP contribution in [0.4, 0.5) is 0 Å². The van der Waals surface area contributed by atoms with E-state index in [-0.39, 0.29) is 12.1 Å². The zero-order valence-electron chi connectivity index (χ0n) is 32.6. The number of methoxy groups -OCH3 is 4. The average Bonchev–Trinajstić information content (AvgIpc) is 3.21. The molecule has 1 aromatic heterocycles. The molecule has 0 radical (unpaired) electrons. The number of ether oxygens (including phenoxy) is 6. The molecular formula is C45H50N4O6. The van der Waals surface area contributed by atoms with Gasteiger partial charge in [0.05, 0.1) is 28.4 Å². The molecule has 4 aromatic carbocycles. The van der Waals surface area contributed by atoms with Crippen molar-refractivity contribution in [2.75, 3.05) is 55.6 Å². The molecule has 4 aliphatic heterocycles. The van der Waals surface area contributed by atoms with Gasteiger partial charge in [-0.3, -0.25) is 14.8 Å². The summed E-state index contributed by atoms with van der Waals surface area (Å²) in [5, 5.41) is 3.66. The first-order valence-corrected chi connectivity index (χ1v) is 19.0. The minimum atomic E-state index is -0.0717. The van der Waals surface area contributed by atoms with Crippen molar-refractivity contribution in [2.24, 2.45) is 0 Å². The molecule has 0 saturated carbocycles. The van der Waals surface area contributed by atoms with E-state index in [0.717, 1.165) is 60.4 Å². The van der Waals surface area contributed by atoms with Crippen LogP contribution in [0.25, 0.3) is 0 Å². The molecule has 0 amide bonds. The van der Waals surface area contributed by atoms with Crippen molar-refractivity contribution in [1.82, 2.24) is 20.1 Å². The standard InChI is InChI=1S/C45H50N4O6/c1-48-18-15-31-23-39(51-4)41-24-34(31)36(48)20-28-9-12-32(13-10-28)54-40-22-29(11-14-38(40)50-3)21-37-42-33(16-19-49(37)2)35(27-47-26-30-8-7-17-46-25-30)43(52-5)45(53-6)44(42)55-41/h7-14,17,22-25,36-37,47H,15-16,18-21,26-27H2,1-6H3/t36-,37-/m0/s1. The summed E-state index contributed by atoms with van der Waals surface area (Å²) in [6, 6.07) is 23.1. The Kier molecular flexibility index (Phi) is 10.6. The number of likely N-dealkylation sites (N-methyl/N-ethyl adjacent to an activating group) is 2. The quantitative estimate of drug-likeness (QED) is 0.170. The van der Waals surface area contributed by atoms with Crippen molar-refractivity contribution >= 4 is 0 Å². The van der Waals surface area contributed by atoms with E-state index in [2.05, 4.69) is 88.8 Å². The number of hydrogen-bond donors (Lipinski definition) is 1. The van der Waals surface area contributed by atoms with Gasteiger partial charge in [0.25, 0.3) is 0 Å². The van der Waals surface area contributed by atoms with Crippen molar-refractivity contribution in [3.8, 4) is 46.0 Å². The second kappa shape index (κ2) is 15.8. The Morgan fingerprint density at radius 2 is 1.45 bits per heavy atom. The van der Waals surface area contributed by atoms with Crippen molar-refractivity contribution in [2.45, 2.75) is 50.9 Å². The van der Waals surface area contributed by atoms with Crippen LogP contribution in [0.2, 0.25) is 0 Å². The number of nitrogens with one attached hydrogen (secondary N) is 1. The fraction of sp³-hybridized carbons (Fsp3) is 0.356. The van der Waals surface area contributed by atoms with E-state index in [1.165, 1.54) is 22.3 Å². The molecule has 1 N–H and O–H groups in total. The Morgan fingerprint density at radius 1 is 0.727 bits per heavy atom. The molecule has 5 heterocycles. The maximum Gasteiger partial charge on any atom is 0.204 e. The molecule has 4 aliphatic rings. The molecular weight excluding hydrogens is 693 g/mol. The highest BCUT2D eigenvalue weighted by Crippen LogP contribution is 2.54. The molecule has 6 bridgehead atoms. The SMILES string of the molecule is COc1ccc2cc1Oc1ccc(cc1)C[C@H]1c3cc(c(OC)cc3CCN1C)Oc1c(OC)c(OC)c(CNCc3cccnc3)c3c1[C@H](C2)N(C)CC3. The number of benzene rings is 4. The van der Waals surface area contributed by atoms with Gasteiger partial charge in [0, 0.05) is 61.8 Å². The molecule has 0 spiro atoms. The van der Waals surface area contributed by atoms with Crippen LogP contribution in [0, 0.1) is 0 Å². The summed E-state index contributed by atoms with van der Waals surface area (Å²) in [6.45, 7) is 3.03. The Morgan fingerprint density at radius 3 is 2.20 bits per heavy atom. The molecule has 10 nitrogen and oxygen atoms in total. The highest BCUT2D eigenvalue weighted by molar-refractivity contribution is 5.67. The normalized spacial score (nSPS) is 17.9. The van der Waals surface area contributed by atoms with E-state index < -0.39 is 0 Å². The lowest BCUT2D eigenvalue weighted by atomic mass is 9.84. The maximum absolute atomic E-state index is 7.23. The smallest absolute Gasteiger partial charge is 0.204 e. The molecule has 9 rings (SSSR count). The summed E-state index contributed by atoms with van der Waals surface area (Å²) in [4.78, 5) is 9.15. The van der Waals surface area contributed by atoms with Gasteiger partial charge in [-0.05, 0) is 116 Å².